The number of aromatic nitrogens is 2. The van der Waals surface area contributed by atoms with Gasteiger partial charge in [-0.2, -0.15) is 5.10 Å². The van der Waals surface area contributed by atoms with Crippen LogP contribution < -0.4 is 11.1 Å². The minimum absolute atomic E-state index is 0. The predicted molar refractivity (Wildman–Crippen MR) is 92.8 cm³/mol. The highest BCUT2D eigenvalue weighted by molar-refractivity contribution is 14.0. The topological polar surface area (TPSA) is 77.5 Å². The summed E-state index contributed by atoms with van der Waals surface area (Å²) < 4.78 is 6.85. The Morgan fingerprint density at radius 3 is 2.70 bits per heavy atom. The lowest BCUT2D eigenvalue weighted by molar-refractivity contribution is 0.204. The van der Waals surface area contributed by atoms with E-state index in [4.69, 9.17) is 10.5 Å². The normalized spacial score (nSPS) is 11.3. The fraction of sp³-hybridized carbons (Fsp3) is 0.692. The van der Waals surface area contributed by atoms with E-state index in [1.165, 1.54) is 11.3 Å². The minimum Gasteiger partial charge on any atom is -0.383 e. The Labute approximate surface area is 138 Å². The molecule has 0 fully saturated rings. The number of nitrogens with two attached hydrogens (primary N) is 1. The molecule has 0 unspecified atom stereocenters. The van der Waals surface area contributed by atoms with Crippen LogP contribution in [-0.4, -0.2) is 42.5 Å². The molecule has 7 heteroatoms. The molecular formula is C13H26IN5O. The number of guanidine groups is 1. The molecule has 0 atom stereocenters. The molecule has 0 bridgehead atoms. The van der Waals surface area contributed by atoms with E-state index in [1.54, 1.807) is 7.11 Å². The number of hydrogen-bond acceptors (Lipinski definition) is 3. The monoisotopic (exact) mass is 395 g/mol. The summed E-state index contributed by atoms with van der Waals surface area (Å²) in [4.78, 5) is 4.28. The van der Waals surface area contributed by atoms with Crippen LogP contribution in [0.2, 0.25) is 0 Å². The first-order chi connectivity index (χ1) is 9.06. The van der Waals surface area contributed by atoms with Crippen molar-refractivity contribution < 1.29 is 4.74 Å². The Morgan fingerprint density at radius 1 is 1.45 bits per heavy atom. The third-order valence-corrected chi connectivity index (χ3v) is 3.14. The molecule has 116 valence electrons. The molecule has 0 saturated carbocycles. The third kappa shape index (κ3) is 6.08. The molecule has 0 aliphatic carbocycles. The van der Waals surface area contributed by atoms with Gasteiger partial charge in [0.05, 0.1) is 12.3 Å². The van der Waals surface area contributed by atoms with Crippen molar-refractivity contribution in [3.63, 3.8) is 0 Å². The van der Waals surface area contributed by atoms with Crippen molar-refractivity contribution >= 4 is 29.9 Å². The molecule has 0 aliphatic heterocycles. The number of aryl methyl sites for hydroxylation is 2. The predicted octanol–water partition coefficient (Wildman–Crippen LogP) is 1.14. The van der Waals surface area contributed by atoms with Gasteiger partial charge >= 0.3 is 0 Å². The maximum Gasteiger partial charge on any atom is 0.188 e. The molecule has 0 amide bonds. The van der Waals surface area contributed by atoms with Crippen LogP contribution in [0.5, 0.6) is 0 Å². The molecule has 1 rings (SSSR count). The first kappa shape index (κ1) is 19.2. The van der Waals surface area contributed by atoms with Crippen molar-refractivity contribution in [1.29, 1.82) is 0 Å². The number of nitrogens with zero attached hydrogens (tertiary/aromatic N) is 3. The van der Waals surface area contributed by atoms with Gasteiger partial charge in [-0.3, -0.25) is 9.67 Å². The average molecular weight is 395 g/mol. The van der Waals surface area contributed by atoms with Crippen molar-refractivity contribution in [2.24, 2.45) is 17.8 Å². The van der Waals surface area contributed by atoms with E-state index in [0.29, 0.717) is 19.1 Å². The number of aliphatic imine (C=N–C) groups is 1. The van der Waals surface area contributed by atoms with E-state index in [1.807, 2.05) is 18.7 Å². The Morgan fingerprint density at radius 2 is 2.15 bits per heavy atom. The highest BCUT2D eigenvalue weighted by Gasteiger charge is 2.08. The van der Waals surface area contributed by atoms with Crippen LogP contribution in [0.4, 0.5) is 0 Å². The highest BCUT2D eigenvalue weighted by Crippen LogP contribution is 2.13. The molecule has 0 saturated heterocycles. The highest BCUT2D eigenvalue weighted by atomic mass is 127. The number of rotatable bonds is 7. The van der Waals surface area contributed by atoms with E-state index in [-0.39, 0.29) is 24.0 Å². The standard InChI is InChI=1S/C13H25N5O.HI/c1-10-12(11(2)18(3)17-10)6-5-7-15-13(14)16-8-9-19-4;/h5-9H2,1-4H3,(H3,14,15,16);1H. The molecule has 0 aliphatic rings. The zero-order chi connectivity index (χ0) is 14.3. The van der Waals surface area contributed by atoms with Gasteiger partial charge in [-0.05, 0) is 32.3 Å². The van der Waals surface area contributed by atoms with E-state index >= 15 is 0 Å². The number of hydrogen-bond donors (Lipinski definition) is 2. The molecule has 1 aromatic heterocycles. The average Bonchev–Trinajstić information content (AvgIpc) is 2.60. The second kappa shape index (κ2) is 9.98. The van der Waals surface area contributed by atoms with E-state index in [0.717, 1.165) is 25.1 Å². The summed E-state index contributed by atoms with van der Waals surface area (Å²) in [7, 11) is 3.63. The Balaban J connectivity index is 0.00000361. The molecule has 20 heavy (non-hydrogen) atoms. The lowest BCUT2D eigenvalue weighted by Crippen LogP contribution is -2.34. The van der Waals surface area contributed by atoms with Crippen LogP contribution in [0.3, 0.4) is 0 Å². The number of nitrogens with one attached hydrogen (secondary N) is 1. The largest absolute Gasteiger partial charge is 0.383 e. The molecule has 0 spiro atoms. The van der Waals surface area contributed by atoms with Gasteiger partial charge < -0.3 is 15.8 Å². The van der Waals surface area contributed by atoms with Gasteiger partial charge in [-0.1, -0.05) is 0 Å². The van der Waals surface area contributed by atoms with E-state index < -0.39 is 0 Å². The summed E-state index contributed by atoms with van der Waals surface area (Å²) in [6.07, 6.45) is 1.96. The maximum absolute atomic E-state index is 5.72. The molecule has 0 aromatic carbocycles. The first-order valence-corrected chi connectivity index (χ1v) is 6.58. The summed E-state index contributed by atoms with van der Waals surface area (Å²) >= 11 is 0. The van der Waals surface area contributed by atoms with Gasteiger partial charge in [-0.15, -0.1) is 24.0 Å². The van der Waals surface area contributed by atoms with Crippen LogP contribution in [0.25, 0.3) is 0 Å². The fourth-order valence-corrected chi connectivity index (χ4v) is 1.97. The Bertz CT molecular complexity index is 431. The Hall–Kier alpha value is -0.830. The van der Waals surface area contributed by atoms with Gasteiger partial charge in [0.15, 0.2) is 5.96 Å². The summed E-state index contributed by atoms with van der Waals surface area (Å²) in [6.45, 7) is 6.18. The second-order valence-corrected chi connectivity index (χ2v) is 4.56. The van der Waals surface area contributed by atoms with Gasteiger partial charge in [-0.25, -0.2) is 0 Å². The smallest absolute Gasteiger partial charge is 0.188 e. The van der Waals surface area contributed by atoms with Crippen molar-refractivity contribution in [3.8, 4) is 0 Å². The summed E-state index contributed by atoms with van der Waals surface area (Å²) in [6, 6.07) is 0. The number of methoxy groups -OCH3 is 1. The molecule has 3 N–H and O–H groups in total. The van der Waals surface area contributed by atoms with Gasteiger partial charge in [0, 0.05) is 32.9 Å². The molecule has 1 heterocycles. The van der Waals surface area contributed by atoms with Crippen LogP contribution in [0.15, 0.2) is 4.99 Å². The van der Waals surface area contributed by atoms with Crippen LogP contribution in [0, 0.1) is 13.8 Å². The lowest BCUT2D eigenvalue weighted by Gasteiger charge is -2.04. The first-order valence-electron chi connectivity index (χ1n) is 6.58. The van der Waals surface area contributed by atoms with Crippen molar-refractivity contribution in [2.45, 2.75) is 26.7 Å². The van der Waals surface area contributed by atoms with Gasteiger partial charge in [0.25, 0.3) is 0 Å². The third-order valence-electron chi connectivity index (χ3n) is 3.14. The zero-order valence-electron chi connectivity index (χ0n) is 12.8. The SMILES string of the molecule is COCCNC(N)=NCCCc1c(C)nn(C)c1C.I. The van der Waals surface area contributed by atoms with Gasteiger partial charge in [0.1, 0.15) is 0 Å². The van der Waals surface area contributed by atoms with Gasteiger partial charge in [0.2, 0.25) is 0 Å². The summed E-state index contributed by atoms with van der Waals surface area (Å²) in [5.74, 6) is 0.483. The second-order valence-electron chi connectivity index (χ2n) is 4.56. The molecule has 1 aromatic rings. The number of halogens is 1. The summed E-state index contributed by atoms with van der Waals surface area (Å²) in [5.41, 5.74) is 9.38. The molecule has 0 radical (unpaired) electrons. The van der Waals surface area contributed by atoms with Crippen LogP contribution >= 0.6 is 24.0 Å². The lowest BCUT2D eigenvalue weighted by atomic mass is 10.1. The molecular weight excluding hydrogens is 369 g/mol. The Kier molecular flexibility index (Phi) is 9.56. The van der Waals surface area contributed by atoms with E-state index in [9.17, 15) is 0 Å². The van der Waals surface area contributed by atoms with Crippen LogP contribution in [0.1, 0.15) is 23.4 Å². The van der Waals surface area contributed by atoms with Crippen molar-refractivity contribution in [2.75, 3.05) is 26.8 Å². The fourth-order valence-electron chi connectivity index (χ4n) is 1.97. The quantitative estimate of drug-likeness (QED) is 0.314. The van der Waals surface area contributed by atoms with Crippen molar-refractivity contribution in [1.82, 2.24) is 15.1 Å². The van der Waals surface area contributed by atoms with Crippen LogP contribution in [-0.2, 0) is 18.2 Å². The zero-order valence-corrected chi connectivity index (χ0v) is 15.1. The number of ether oxygens (including phenoxy) is 1. The minimum atomic E-state index is 0. The molecule has 6 nitrogen and oxygen atoms in total. The van der Waals surface area contributed by atoms with E-state index in [2.05, 4.69) is 22.3 Å². The maximum atomic E-state index is 5.72. The van der Waals surface area contributed by atoms with Crippen molar-refractivity contribution in [3.05, 3.63) is 17.0 Å². The summed E-state index contributed by atoms with van der Waals surface area (Å²) in [5, 5.41) is 7.40.